The summed E-state index contributed by atoms with van der Waals surface area (Å²) in [5.74, 6) is 1.64. The number of nitrogens with one attached hydrogen (secondary N) is 2. The number of pyridine rings is 1. The van der Waals surface area contributed by atoms with E-state index in [1.54, 1.807) is 0 Å². The molecule has 2 N–H and O–H groups in total. The van der Waals surface area contributed by atoms with Crippen molar-refractivity contribution in [2.24, 2.45) is 5.92 Å². The van der Waals surface area contributed by atoms with Crippen LogP contribution < -0.4 is 10.6 Å². The van der Waals surface area contributed by atoms with Crippen molar-refractivity contribution in [3.63, 3.8) is 0 Å². The van der Waals surface area contributed by atoms with Crippen LogP contribution in [-0.4, -0.2) is 18.1 Å². The Morgan fingerprint density at radius 2 is 2.20 bits per heavy atom. The number of hydrogen-bond acceptors (Lipinski definition) is 3. The molecular formula is C12H21N3. The summed E-state index contributed by atoms with van der Waals surface area (Å²) < 4.78 is 0. The summed E-state index contributed by atoms with van der Waals surface area (Å²) in [6.07, 6.45) is 1.83. The summed E-state index contributed by atoms with van der Waals surface area (Å²) in [6.45, 7) is 9.33. The van der Waals surface area contributed by atoms with Gasteiger partial charge in [0.2, 0.25) is 0 Å². The Hall–Kier alpha value is -1.09. The van der Waals surface area contributed by atoms with Gasteiger partial charge in [-0.25, -0.2) is 4.98 Å². The van der Waals surface area contributed by atoms with E-state index in [9.17, 15) is 0 Å². The summed E-state index contributed by atoms with van der Waals surface area (Å²) in [4.78, 5) is 4.35. The molecule has 3 nitrogen and oxygen atoms in total. The lowest BCUT2D eigenvalue weighted by atomic mass is 10.2. The van der Waals surface area contributed by atoms with E-state index >= 15 is 0 Å². The smallest absolute Gasteiger partial charge is 0.130 e. The molecule has 0 aliphatic carbocycles. The van der Waals surface area contributed by atoms with E-state index in [1.165, 1.54) is 5.56 Å². The Balaban J connectivity index is 2.59. The lowest BCUT2D eigenvalue weighted by Crippen LogP contribution is -2.16. The van der Waals surface area contributed by atoms with E-state index in [2.05, 4.69) is 42.5 Å². The van der Waals surface area contributed by atoms with E-state index in [-0.39, 0.29) is 0 Å². The maximum absolute atomic E-state index is 4.35. The first-order valence-corrected chi connectivity index (χ1v) is 5.62. The lowest BCUT2D eigenvalue weighted by molar-refractivity contribution is 0.682. The highest BCUT2D eigenvalue weighted by Gasteiger charge is 2.02. The van der Waals surface area contributed by atoms with Gasteiger partial charge in [-0.05, 0) is 18.5 Å². The van der Waals surface area contributed by atoms with Crippen LogP contribution in [-0.2, 0) is 6.54 Å². The summed E-state index contributed by atoms with van der Waals surface area (Å²) in [7, 11) is 0. The molecule has 0 fully saturated rings. The molecule has 3 heteroatoms. The van der Waals surface area contributed by atoms with Crippen molar-refractivity contribution < 1.29 is 0 Å². The zero-order valence-electron chi connectivity index (χ0n) is 9.88. The van der Waals surface area contributed by atoms with Crippen LogP contribution in [0.2, 0.25) is 0 Å². The Morgan fingerprint density at radius 3 is 2.87 bits per heavy atom. The number of aromatic nitrogens is 1. The summed E-state index contributed by atoms with van der Waals surface area (Å²) in [5, 5.41) is 6.68. The van der Waals surface area contributed by atoms with Crippen LogP contribution >= 0.6 is 0 Å². The van der Waals surface area contributed by atoms with Crippen molar-refractivity contribution in [3.8, 4) is 0 Å². The highest BCUT2D eigenvalue weighted by Crippen LogP contribution is 2.11. The molecule has 0 amide bonds. The number of rotatable bonds is 6. The van der Waals surface area contributed by atoms with Gasteiger partial charge >= 0.3 is 0 Å². The summed E-state index contributed by atoms with van der Waals surface area (Å²) in [5.41, 5.74) is 1.24. The maximum atomic E-state index is 4.35. The Labute approximate surface area is 92.3 Å². The van der Waals surface area contributed by atoms with Crippen molar-refractivity contribution in [3.05, 3.63) is 23.9 Å². The van der Waals surface area contributed by atoms with Crippen LogP contribution in [0.1, 0.15) is 26.3 Å². The predicted octanol–water partition coefficient (Wildman–Crippen LogP) is 2.26. The molecule has 0 atom stereocenters. The molecule has 1 rings (SSSR count). The summed E-state index contributed by atoms with van der Waals surface area (Å²) >= 11 is 0. The standard InChI is InChI=1S/C12H21N3/c1-4-13-9-11-6-5-7-14-12(11)15-8-10(2)3/h5-7,10,13H,4,8-9H2,1-3H3,(H,14,15). The molecule has 15 heavy (non-hydrogen) atoms. The highest BCUT2D eigenvalue weighted by atomic mass is 15.0. The van der Waals surface area contributed by atoms with E-state index in [4.69, 9.17) is 0 Å². The molecule has 0 spiro atoms. The molecular weight excluding hydrogens is 186 g/mol. The SMILES string of the molecule is CCNCc1cccnc1NCC(C)C. The first-order valence-electron chi connectivity index (χ1n) is 5.62. The lowest BCUT2D eigenvalue weighted by Gasteiger charge is -2.12. The van der Waals surface area contributed by atoms with E-state index in [1.807, 2.05) is 12.3 Å². The topological polar surface area (TPSA) is 37.0 Å². The number of anilines is 1. The number of hydrogen-bond donors (Lipinski definition) is 2. The molecule has 0 radical (unpaired) electrons. The molecule has 1 aromatic rings. The summed E-state index contributed by atoms with van der Waals surface area (Å²) in [6, 6.07) is 4.09. The molecule has 0 unspecified atom stereocenters. The molecule has 1 aromatic heterocycles. The van der Waals surface area contributed by atoms with Gasteiger partial charge in [-0.3, -0.25) is 0 Å². The fourth-order valence-corrected chi connectivity index (χ4v) is 1.30. The van der Waals surface area contributed by atoms with Crippen LogP contribution in [0, 0.1) is 5.92 Å². The maximum Gasteiger partial charge on any atom is 0.130 e. The van der Waals surface area contributed by atoms with Crippen molar-refractivity contribution in [2.75, 3.05) is 18.4 Å². The third-order valence-corrected chi connectivity index (χ3v) is 2.13. The van der Waals surface area contributed by atoms with E-state index in [0.29, 0.717) is 5.92 Å². The number of nitrogens with zero attached hydrogens (tertiary/aromatic N) is 1. The molecule has 0 aromatic carbocycles. The Kier molecular flexibility index (Phi) is 5.12. The van der Waals surface area contributed by atoms with Crippen LogP contribution in [0.25, 0.3) is 0 Å². The average Bonchev–Trinajstić information content (AvgIpc) is 2.24. The van der Waals surface area contributed by atoms with E-state index < -0.39 is 0 Å². The second kappa shape index (κ2) is 6.40. The normalized spacial score (nSPS) is 10.7. The van der Waals surface area contributed by atoms with Gasteiger partial charge in [0.05, 0.1) is 0 Å². The van der Waals surface area contributed by atoms with Crippen LogP contribution in [0.15, 0.2) is 18.3 Å². The third-order valence-electron chi connectivity index (χ3n) is 2.13. The van der Waals surface area contributed by atoms with Gasteiger partial charge in [-0.15, -0.1) is 0 Å². The van der Waals surface area contributed by atoms with Gasteiger partial charge in [-0.2, -0.15) is 0 Å². The van der Waals surface area contributed by atoms with Crippen molar-refractivity contribution in [1.82, 2.24) is 10.3 Å². The molecule has 0 saturated carbocycles. The van der Waals surface area contributed by atoms with Gasteiger partial charge in [0.1, 0.15) is 5.82 Å². The van der Waals surface area contributed by atoms with Crippen molar-refractivity contribution >= 4 is 5.82 Å². The largest absolute Gasteiger partial charge is 0.370 e. The van der Waals surface area contributed by atoms with Gasteiger partial charge in [-0.1, -0.05) is 26.8 Å². The minimum atomic E-state index is 0.638. The van der Waals surface area contributed by atoms with Crippen molar-refractivity contribution in [1.29, 1.82) is 0 Å². The second-order valence-corrected chi connectivity index (χ2v) is 4.07. The van der Waals surface area contributed by atoms with Gasteiger partial charge in [0.15, 0.2) is 0 Å². The van der Waals surface area contributed by atoms with Crippen LogP contribution in [0.3, 0.4) is 0 Å². The molecule has 0 bridgehead atoms. The quantitative estimate of drug-likeness (QED) is 0.751. The average molecular weight is 207 g/mol. The zero-order valence-corrected chi connectivity index (χ0v) is 9.88. The zero-order chi connectivity index (χ0) is 11.1. The fraction of sp³-hybridized carbons (Fsp3) is 0.583. The van der Waals surface area contributed by atoms with Crippen molar-refractivity contribution in [2.45, 2.75) is 27.3 Å². The van der Waals surface area contributed by atoms with Gasteiger partial charge < -0.3 is 10.6 Å². The second-order valence-electron chi connectivity index (χ2n) is 4.07. The van der Waals surface area contributed by atoms with Gasteiger partial charge in [0.25, 0.3) is 0 Å². The highest BCUT2D eigenvalue weighted by molar-refractivity contribution is 5.43. The Bertz CT molecular complexity index is 284. The monoisotopic (exact) mass is 207 g/mol. The Morgan fingerprint density at radius 1 is 1.40 bits per heavy atom. The molecule has 1 heterocycles. The van der Waals surface area contributed by atoms with E-state index in [0.717, 1.165) is 25.5 Å². The fourth-order valence-electron chi connectivity index (χ4n) is 1.30. The minimum Gasteiger partial charge on any atom is -0.370 e. The first kappa shape index (κ1) is 12.0. The first-order chi connectivity index (χ1) is 7.24. The molecule has 0 saturated heterocycles. The third kappa shape index (κ3) is 4.30. The molecule has 0 aliphatic rings. The molecule has 84 valence electrons. The van der Waals surface area contributed by atoms with Crippen LogP contribution in [0.4, 0.5) is 5.82 Å². The predicted molar refractivity (Wildman–Crippen MR) is 64.9 cm³/mol. The minimum absolute atomic E-state index is 0.638. The molecule has 0 aliphatic heterocycles. The van der Waals surface area contributed by atoms with Gasteiger partial charge in [0, 0.05) is 24.8 Å². The van der Waals surface area contributed by atoms with Crippen LogP contribution in [0.5, 0.6) is 0 Å².